The molecule has 0 aromatic rings. The van der Waals surface area contributed by atoms with E-state index in [0.29, 0.717) is 5.92 Å². The Balaban J connectivity index is 2.36. The van der Waals surface area contributed by atoms with Gasteiger partial charge in [-0.3, -0.25) is 0 Å². The molecule has 0 amide bonds. The van der Waals surface area contributed by atoms with Crippen LogP contribution in [0.3, 0.4) is 0 Å². The van der Waals surface area contributed by atoms with Crippen molar-refractivity contribution in [3.8, 4) is 0 Å². The fraction of sp³-hybridized carbons (Fsp3) is 1.00. The van der Waals surface area contributed by atoms with E-state index in [1.54, 1.807) is 0 Å². The fourth-order valence-electron chi connectivity index (χ4n) is 2.76. The lowest BCUT2D eigenvalue weighted by molar-refractivity contribution is 0.107. The van der Waals surface area contributed by atoms with Gasteiger partial charge in [0, 0.05) is 6.54 Å². The van der Waals surface area contributed by atoms with Crippen LogP contribution in [0.1, 0.15) is 52.4 Å². The summed E-state index contributed by atoms with van der Waals surface area (Å²) >= 11 is 0. The minimum absolute atomic E-state index is 0.154. The molecule has 108 valence electrons. The molecule has 0 saturated heterocycles. The van der Waals surface area contributed by atoms with E-state index >= 15 is 0 Å². The second-order valence-corrected chi connectivity index (χ2v) is 7.28. The Bertz CT molecular complexity index is 319. The van der Waals surface area contributed by atoms with Gasteiger partial charge in [0.05, 0.1) is 11.9 Å². The van der Waals surface area contributed by atoms with Crippen LogP contribution in [0.15, 0.2) is 0 Å². The molecular weight excluding hydrogens is 250 g/mol. The van der Waals surface area contributed by atoms with Crippen LogP contribution in [0, 0.1) is 11.8 Å². The maximum atomic E-state index is 11.9. The van der Waals surface area contributed by atoms with Gasteiger partial charge in [0.1, 0.15) is 0 Å². The highest BCUT2D eigenvalue weighted by Gasteiger charge is 2.24. The van der Waals surface area contributed by atoms with E-state index < -0.39 is 16.1 Å². The van der Waals surface area contributed by atoms with Gasteiger partial charge in [0.2, 0.25) is 10.0 Å². The highest BCUT2D eigenvalue weighted by atomic mass is 32.2. The summed E-state index contributed by atoms with van der Waals surface area (Å²) in [6, 6.07) is 0. The number of sulfonamides is 1. The zero-order chi connectivity index (χ0) is 13.6. The molecule has 18 heavy (non-hydrogen) atoms. The molecule has 0 bridgehead atoms. The van der Waals surface area contributed by atoms with Crippen molar-refractivity contribution < 1.29 is 13.5 Å². The van der Waals surface area contributed by atoms with Gasteiger partial charge in [-0.2, -0.15) is 0 Å². The Kier molecular flexibility index (Phi) is 6.60. The molecule has 0 spiro atoms. The molecular formula is C13H27NO3S. The van der Waals surface area contributed by atoms with Crippen molar-refractivity contribution in [1.82, 2.24) is 4.72 Å². The van der Waals surface area contributed by atoms with Gasteiger partial charge in [-0.1, -0.05) is 39.5 Å². The van der Waals surface area contributed by atoms with Crippen LogP contribution < -0.4 is 4.72 Å². The zero-order valence-corrected chi connectivity index (χ0v) is 12.4. The van der Waals surface area contributed by atoms with Crippen LogP contribution in [0.4, 0.5) is 0 Å². The summed E-state index contributed by atoms with van der Waals surface area (Å²) in [4.78, 5) is 0. The van der Waals surface area contributed by atoms with Gasteiger partial charge >= 0.3 is 0 Å². The molecule has 0 aromatic carbocycles. The largest absolute Gasteiger partial charge is 0.391 e. The Hall–Kier alpha value is -0.130. The first-order valence-corrected chi connectivity index (χ1v) is 8.79. The molecule has 0 aliphatic heterocycles. The summed E-state index contributed by atoms with van der Waals surface area (Å²) in [5.41, 5.74) is 0. The Morgan fingerprint density at radius 2 is 1.78 bits per heavy atom. The summed E-state index contributed by atoms with van der Waals surface area (Å²) in [6.07, 6.45) is 5.53. The molecule has 1 aliphatic carbocycles. The van der Waals surface area contributed by atoms with E-state index in [9.17, 15) is 13.5 Å². The lowest BCUT2D eigenvalue weighted by atomic mass is 9.97. The predicted octanol–water partition coefficient (Wildman–Crippen LogP) is 1.89. The molecule has 1 rings (SSSR count). The molecule has 4 nitrogen and oxygen atoms in total. The van der Waals surface area contributed by atoms with Crippen LogP contribution in [0.5, 0.6) is 0 Å². The van der Waals surface area contributed by atoms with Crippen molar-refractivity contribution in [2.24, 2.45) is 11.8 Å². The molecule has 1 unspecified atom stereocenters. The number of aliphatic hydroxyl groups excluding tert-OH is 1. The van der Waals surface area contributed by atoms with Crippen molar-refractivity contribution >= 4 is 10.0 Å². The van der Waals surface area contributed by atoms with Crippen molar-refractivity contribution in [3.05, 3.63) is 0 Å². The van der Waals surface area contributed by atoms with Crippen molar-refractivity contribution in [3.63, 3.8) is 0 Å². The van der Waals surface area contributed by atoms with Gasteiger partial charge in [0.15, 0.2) is 0 Å². The number of hydrogen-bond acceptors (Lipinski definition) is 3. The van der Waals surface area contributed by atoms with Crippen LogP contribution in [0.25, 0.3) is 0 Å². The van der Waals surface area contributed by atoms with E-state index in [0.717, 1.165) is 38.5 Å². The smallest absolute Gasteiger partial charge is 0.211 e. The van der Waals surface area contributed by atoms with Crippen molar-refractivity contribution in [2.45, 2.75) is 58.5 Å². The molecule has 1 atom stereocenters. The summed E-state index contributed by atoms with van der Waals surface area (Å²) in [7, 11) is -3.22. The third-order valence-corrected chi connectivity index (χ3v) is 5.55. The van der Waals surface area contributed by atoms with Gasteiger partial charge in [-0.25, -0.2) is 13.1 Å². The van der Waals surface area contributed by atoms with E-state index in [1.165, 1.54) is 0 Å². The lowest BCUT2D eigenvalue weighted by Gasteiger charge is -2.20. The number of rotatable bonds is 8. The van der Waals surface area contributed by atoms with Gasteiger partial charge in [0.25, 0.3) is 0 Å². The second kappa shape index (κ2) is 7.46. The van der Waals surface area contributed by atoms with E-state index in [-0.39, 0.29) is 18.2 Å². The molecule has 1 aliphatic rings. The highest BCUT2D eigenvalue weighted by Crippen LogP contribution is 2.25. The fourth-order valence-corrected chi connectivity index (χ4v) is 4.25. The maximum absolute atomic E-state index is 11.9. The first kappa shape index (κ1) is 15.9. The molecule has 0 radical (unpaired) electrons. The highest BCUT2D eigenvalue weighted by molar-refractivity contribution is 7.89. The van der Waals surface area contributed by atoms with Crippen LogP contribution in [0.2, 0.25) is 0 Å². The topological polar surface area (TPSA) is 66.4 Å². The molecule has 1 fully saturated rings. The van der Waals surface area contributed by atoms with E-state index in [1.807, 2.05) is 13.8 Å². The maximum Gasteiger partial charge on any atom is 0.211 e. The Morgan fingerprint density at radius 1 is 1.22 bits per heavy atom. The third kappa shape index (κ3) is 5.24. The summed E-state index contributed by atoms with van der Waals surface area (Å²) in [5.74, 6) is 0.717. The third-order valence-electron chi connectivity index (χ3n) is 4.04. The molecule has 0 aromatic heterocycles. The summed E-state index contributed by atoms with van der Waals surface area (Å²) < 4.78 is 26.3. The van der Waals surface area contributed by atoms with Crippen molar-refractivity contribution in [2.75, 3.05) is 12.3 Å². The average molecular weight is 277 g/mol. The lowest BCUT2D eigenvalue weighted by Crippen LogP contribution is -2.38. The van der Waals surface area contributed by atoms with Crippen LogP contribution in [-0.2, 0) is 10.0 Å². The first-order valence-electron chi connectivity index (χ1n) is 7.13. The number of hydrogen-bond donors (Lipinski definition) is 2. The summed E-state index contributed by atoms with van der Waals surface area (Å²) in [5, 5.41) is 9.91. The second-order valence-electron chi connectivity index (χ2n) is 5.42. The first-order chi connectivity index (χ1) is 8.48. The van der Waals surface area contributed by atoms with Gasteiger partial charge in [-0.05, 0) is 24.7 Å². The minimum atomic E-state index is -3.22. The zero-order valence-electron chi connectivity index (χ0n) is 11.6. The average Bonchev–Trinajstić information content (AvgIpc) is 2.80. The van der Waals surface area contributed by atoms with Crippen molar-refractivity contribution in [1.29, 1.82) is 0 Å². The molecule has 0 heterocycles. The molecule has 1 saturated carbocycles. The van der Waals surface area contributed by atoms with E-state index in [4.69, 9.17) is 0 Å². The van der Waals surface area contributed by atoms with Crippen LogP contribution in [-0.4, -0.2) is 31.9 Å². The Morgan fingerprint density at radius 3 is 2.28 bits per heavy atom. The quantitative estimate of drug-likeness (QED) is 0.712. The normalized spacial score (nSPS) is 19.6. The summed E-state index contributed by atoms with van der Waals surface area (Å²) in [6.45, 7) is 4.19. The van der Waals surface area contributed by atoms with E-state index in [2.05, 4.69) is 4.72 Å². The Labute approximate surface area is 111 Å². The SMILES string of the molecule is CCC(CC)C(O)CNS(=O)(=O)CC1CCCC1. The predicted molar refractivity (Wildman–Crippen MR) is 73.8 cm³/mol. The molecule has 5 heteroatoms. The standard InChI is InChI=1S/C13H27NO3S/c1-3-12(4-2)13(15)9-14-18(16,17)10-11-7-5-6-8-11/h11-15H,3-10H2,1-2H3. The van der Waals surface area contributed by atoms with Crippen LogP contribution >= 0.6 is 0 Å². The monoisotopic (exact) mass is 277 g/mol. The molecule has 2 N–H and O–H groups in total. The number of aliphatic hydroxyl groups is 1. The van der Waals surface area contributed by atoms with Gasteiger partial charge in [-0.15, -0.1) is 0 Å². The number of nitrogens with one attached hydrogen (secondary N) is 1. The minimum Gasteiger partial charge on any atom is -0.391 e. The van der Waals surface area contributed by atoms with Gasteiger partial charge < -0.3 is 5.11 Å².